The molecule has 0 radical (unpaired) electrons. The standard InChI is InChI=1S/C18H27ClN2/c1-3-14-12-18(2,13-21-11-10-20)9-8-17(14)15-4-6-16(19)7-5-15/h4-7,21H,3,8-13,20H2,1-2H3. The van der Waals surface area contributed by atoms with Crippen LogP contribution in [0.15, 0.2) is 29.8 Å². The molecule has 1 aliphatic carbocycles. The molecule has 0 fully saturated rings. The van der Waals surface area contributed by atoms with Crippen molar-refractivity contribution in [2.75, 3.05) is 19.6 Å². The predicted molar refractivity (Wildman–Crippen MR) is 92.5 cm³/mol. The smallest absolute Gasteiger partial charge is 0.0406 e. The van der Waals surface area contributed by atoms with E-state index in [1.165, 1.54) is 24.0 Å². The number of benzene rings is 1. The lowest BCUT2D eigenvalue weighted by molar-refractivity contribution is 0.271. The highest BCUT2D eigenvalue weighted by Gasteiger charge is 2.30. The predicted octanol–water partition coefficient (Wildman–Crippen LogP) is 4.24. The summed E-state index contributed by atoms with van der Waals surface area (Å²) in [5.41, 5.74) is 10.4. The van der Waals surface area contributed by atoms with Gasteiger partial charge >= 0.3 is 0 Å². The summed E-state index contributed by atoms with van der Waals surface area (Å²) in [4.78, 5) is 0. The summed E-state index contributed by atoms with van der Waals surface area (Å²) >= 11 is 6.00. The maximum absolute atomic E-state index is 6.00. The van der Waals surface area contributed by atoms with Gasteiger partial charge in [0.1, 0.15) is 0 Å². The minimum atomic E-state index is 0.358. The second-order valence-corrected chi connectivity index (χ2v) is 6.83. The molecule has 2 rings (SSSR count). The summed E-state index contributed by atoms with van der Waals surface area (Å²) < 4.78 is 0. The normalized spacial score (nSPS) is 22.7. The molecule has 0 saturated heterocycles. The highest BCUT2D eigenvalue weighted by Crippen LogP contribution is 2.43. The lowest BCUT2D eigenvalue weighted by atomic mass is 9.71. The zero-order valence-corrected chi connectivity index (χ0v) is 14.0. The van der Waals surface area contributed by atoms with Gasteiger partial charge in [-0.2, -0.15) is 0 Å². The van der Waals surface area contributed by atoms with Crippen LogP contribution in [0, 0.1) is 5.41 Å². The first kappa shape index (κ1) is 16.5. The van der Waals surface area contributed by atoms with Crippen LogP contribution in [0.5, 0.6) is 0 Å². The Kier molecular flexibility index (Phi) is 5.86. The van der Waals surface area contributed by atoms with Crippen molar-refractivity contribution in [2.45, 2.75) is 39.5 Å². The second-order valence-electron chi connectivity index (χ2n) is 6.40. The number of hydrogen-bond acceptors (Lipinski definition) is 2. The van der Waals surface area contributed by atoms with E-state index >= 15 is 0 Å². The largest absolute Gasteiger partial charge is 0.329 e. The third kappa shape index (κ3) is 4.32. The van der Waals surface area contributed by atoms with Gasteiger partial charge < -0.3 is 11.1 Å². The molecule has 0 aliphatic heterocycles. The molecule has 0 bridgehead atoms. The van der Waals surface area contributed by atoms with Crippen LogP contribution in [-0.2, 0) is 0 Å². The quantitative estimate of drug-likeness (QED) is 0.771. The number of nitrogens with two attached hydrogens (primary N) is 1. The third-order valence-corrected chi connectivity index (χ3v) is 4.79. The van der Waals surface area contributed by atoms with Crippen LogP contribution < -0.4 is 11.1 Å². The third-order valence-electron chi connectivity index (χ3n) is 4.54. The molecule has 1 aromatic carbocycles. The zero-order valence-electron chi connectivity index (χ0n) is 13.2. The highest BCUT2D eigenvalue weighted by molar-refractivity contribution is 6.30. The molecule has 21 heavy (non-hydrogen) atoms. The van der Waals surface area contributed by atoms with Crippen molar-refractivity contribution in [1.82, 2.24) is 5.32 Å². The molecule has 116 valence electrons. The minimum Gasteiger partial charge on any atom is -0.329 e. The van der Waals surface area contributed by atoms with Crippen LogP contribution in [0.4, 0.5) is 0 Å². The van der Waals surface area contributed by atoms with Gasteiger partial charge in [-0.15, -0.1) is 0 Å². The van der Waals surface area contributed by atoms with E-state index < -0.39 is 0 Å². The van der Waals surface area contributed by atoms with Crippen LogP contribution in [0.25, 0.3) is 5.57 Å². The first-order valence-electron chi connectivity index (χ1n) is 7.95. The van der Waals surface area contributed by atoms with E-state index in [9.17, 15) is 0 Å². The summed E-state index contributed by atoms with van der Waals surface area (Å²) in [6.07, 6.45) is 4.70. The first-order chi connectivity index (χ1) is 10.1. The fraction of sp³-hybridized carbons (Fsp3) is 0.556. The van der Waals surface area contributed by atoms with Crippen molar-refractivity contribution in [3.63, 3.8) is 0 Å². The van der Waals surface area contributed by atoms with Gasteiger partial charge in [-0.3, -0.25) is 0 Å². The van der Waals surface area contributed by atoms with Gasteiger partial charge in [0.05, 0.1) is 0 Å². The lowest BCUT2D eigenvalue weighted by Crippen LogP contribution is -2.36. The molecule has 0 spiro atoms. The van der Waals surface area contributed by atoms with Gasteiger partial charge in [0.15, 0.2) is 0 Å². The molecule has 0 saturated carbocycles. The van der Waals surface area contributed by atoms with Crippen LogP contribution in [0.1, 0.15) is 45.1 Å². The SMILES string of the molecule is CCC1=C(c2ccc(Cl)cc2)CCC(C)(CNCCN)C1. The Labute approximate surface area is 133 Å². The van der Waals surface area contributed by atoms with E-state index in [4.69, 9.17) is 17.3 Å². The monoisotopic (exact) mass is 306 g/mol. The molecule has 0 heterocycles. The topological polar surface area (TPSA) is 38.0 Å². The van der Waals surface area contributed by atoms with E-state index in [-0.39, 0.29) is 0 Å². The van der Waals surface area contributed by atoms with Gasteiger partial charge in [0, 0.05) is 24.7 Å². The van der Waals surface area contributed by atoms with E-state index in [0.717, 1.165) is 31.0 Å². The Morgan fingerprint density at radius 2 is 2.00 bits per heavy atom. The fourth-order valence-electron chi connectivity index (χ4n) is 3.29. The zero-order chi connectivity index (χ0) is 15.3. The summed E-state index contributed by atoms with van der Waals surface area (Å²) in [5.74, 6) is 0. The lowest BCUT2D eigenvalue weighted by Gasteiger charge is -2.37. The van der Waals surface area contributed by atoms with Crippen molar-refractivity contribution in [1.29, 1.82) is 0 Å². The molecule has 3 heteroatoms. The molecule has 3 N–H and O–H groups in total. The van der Waals surface area contributed by atoms with Crippen LogP contribution in [0.3, 0.4) is 0 Å². The molecular formula is C18H27ClN2. The maximum Gasteiger partial charge on any atom is 0.0406 e. The number of halogens is 1. The number of allylic oxidation sites excluding steroid dienone is 2. The van der Waals surface area contributed by atoms with Gasteiger partial charge in [-0.05, 0) is 54.4 Å². The molecule has 0 amide bonds. The summed E-state index contributed by atoms with van der Waals surface area (Å²) in [6.45, 7) is 7.34. The fourth-order valence-corrected chi connectivity index (χ4v) is 3.42. The van der Waals surface area contributed by atoms with Crippen LogP contribution >= 0.6 is 11.6 Å². The molecular weight excluding hydrogens is 280 g/mol. The Hall–Kier alpha value is -0.830. The maximum atomic E-state index is 6.00. The molecule has 2 nitrogen and oxygen atoms in total. The number of nitrogens with one attached hydrogen (secondary N) is 1. The second kappa shape index (κ2) is 7.44. The average molecular weight is 307 g/mol. The Morgan fingerprint density at radius 1 is 1.29 bits per heavy atom. The summed E-state index contributed by atoms with van der Waals surface area (Å²) in [7, 11) is 0. The highest BCUT2D eigenvalue weighted by atomic mass is 35.5. The molecule has 1 unspecified atom stereocenters. The van der Waals surface area contributed by atoms with Crippen molar-refractivity contribution in [3.8, 4) is 0 Å². The summed E-state index contributed by atoms with van der Waals surface area (Å²) in [5, 5.41) is 4.30. The van der Waals surface area contributed by atoms with E-state index in [2.05, 4.69) is 31.3 Å². The van der Waals surface area contributed by atoms with Crippen molar-refractivity contribution in [3.05, 3.63) is 40.4 Å². The summed E-state index contributed by atoms with van der Waals surface area (Å²) in [6, 6.07) is 8.30. The van der Waals surface area contributed by atoms with Gasteiger partial charge in [-0.1, -0.05) is 43.2 Å². The van der Waals surface area contributed by atoms with Gasteiger partial charge in [0.25, 0.3) is 0 Å². The minimum absolute atomic E-state index is 0.358. The first-order valence-corrected chi connectivity index (χ1v) is 8.33. The Balaban J connectivity index is 2.15. The van der Waals surface area contributed by atoms with Crippen LogP contribution in [-0.4, -0.2) is 19.6 Å². The molecule has 1 atom stereocenters. The Bertz CT molecular complexity index is 492. The Morgan fingerprint density at radius 3 is 2.62 bits per heavy atom. The van der Waals surface area contributed by atoms with Crippen LogP contribution in [0.2, 0.25) is 5.02 Å². The molecule has 1 aromatic rings. The van der Waals surface area contributed by atoms with E-state index in [1.54, 1.807) is 5.57 Å². The van der Waals surface area contributed by atoms with Crippen molar-refractivity contribution < 1.29 is 0 Å². The van der Waals surface area contributed by atoms with Gasteiger partial charge in [-0.25, -0.2) is 0 Å². The van der Waals surface area contributed by atoms with E-state index in [1.807, 2.05) is 12.1 Å². The number of hydrogen-bond donors (Lipinski definition) is 2. The molecule has 1 aliphatic rings. The average Bonchev–Trinajstić information content (AvgIpc) is 2.48. The van der Waals surface area contributed by atoms with E-state index in [0.29, 0.717) is 12.0 Å². The van der Waals surface area contributed by atoms with Crippen molar-refractivity contribution in [2.24, 2.45) is 11.1 Å². The van der Waals surface area contributed by atoms with Crippen molar-refractivity contribution >= 4 is 17.2 Å². The van der Waals surface area contributed by atoms with Gasteiger partial charge in [0.2, 0.25) is 0 Å². The number of rotatable bonds is 6. The molecule has 0 aromatic heterocycles.